The van der Waals surface area contributed by atoms with Gasteiger partial charge in [0.2, 0.25) is 0 Å². The zero-order chi connectivity index (χ0) is 23.8. The lowest BCUT2D eigenvalue weighted by molar-refractivity contribution is -0.0893. The molecule has 1 aliphatic rings. The third kappa shape index (κ3) is 5.23. The van der Waals surface area contributed by atoms with Gasteiger partial charge in [-0.15, -0.1) is 0 Å². The van der Waals surface area contributed by atoms with Crippen molar-refractivity contribution in [2.24, 2.45) is 5.92 Å². The van der Waals surface area contributed by atoms with Crippen LogP contribution in [0.5, 0.6) is 0 Å². The molecule has 0 radical (unpaired) electrons. The van der Waals surface area contributed by atoms with Gasteiger partial charge in [0, 0.05) is 24.2 Å². The molecule has 1 aliphatic heterocycles. The molecular weight excluding hydrogens is 431 g/mol. The lowest BCUT2D eigenvalue weighted by Gasteiger charge is -2.37. The van der Waals surface area contributed by atoms with Gasteiger partial charge in [0.25, 0.3) is 0 Å². The Morgan fingerprint density at radius 3 is 2.55 bits per heavy atom. The summed E-state index contributed by atoms with van der Waals surface area (Å²) >= 11 is 1.64. The van der Waals surface area contributed by atoms with Crippen LogP contribution in [-0.4, -0.2) is 50.8 Å². The second-order valence-corrected chi connectivity index (χ2v) is 11.4. The first kappa shape index (κ1) is 24.1. The van der Waals surface area contributed by atoms with E-state index in [0.29, 0.717) is 13.4 Å². The fraction of sp³-hybridized carbons (Fsp3) is 0.520. The minimum absolute atomic E-state index is 0.374. The van der Waals surface area contributed by atoms with Crippen LogP contribution in [0.4, 0.5) is 5.82 Å². The van der Waals surface area contributed by atoms with Gasteiger partial charge in [-0.05, 0) is 82.9 Å². The number of anilines is 1. The molecule has 0 aliphatic carbocycles. The number of aliphatic hydroxyl groups is 1. The Morgan fingerprint density at radius 1 is 1.15 bits per heavy atom. The van der Waals surface area contributed by atoms with Crippen LogP contribution in [-0.2, 0) is 4.65 Å². The summed E-state index contributed by atoms with van der Waals surface area (Å²) in [5.74, 6) is 1.62. The first-order valence-electron chi connectivity index (χ1n) is 11.8. The quantitative estimate of drug-likeness (QED) is 0.530. The molecule has 1 aromatic carbocycles. The highest BCUT2D eigenvalue weighted by molar-refractivity contribution is 7.98. The largest absolute Gasteiger partial charge is 0.427 e. The molecule has 0 spiro atoms. The maximum Gasteiger partial charge on any atom is 0.311 e. The van der Waals surface area contributed by atoms with E-state index in [1.165, 1.54) is 18.4 Å². The van der Waals surface area contributed by atoms with Gasteiger partial charge in [0.05, 0.1) is 16.6 Å². The van der Waals surface area contributed by atoms with Crippen molar-refractivity contribution >= 4 is 41.7 Å². The maximum atomic E-state index is 10.6. The minimum atomic E-state index is -0.969. The topological polar surface area (TPSA) is 63.4 Å². The van der Waals surface area contributed by atoms with Crippen molar-refractivity contribution in [3.63, 3.8) is 0 Å². The van der Waals surface area contributed by atoms with Crippen molar-refractivity contribution in [2.75, 3.05) is 18.0 Å². The molecular formula is C25H35BN4O2S. The highest BCUT2D eigenvalue weighted by Crippen LogP contribution is 2.31. The minimum Gasteiger partial charge on any atom is -0.427 e. The van der Waals surface area contributed by atoms with Crippen LogP contribution in [0.1, 0.15) is 53.0 Å². The molecule has 8 heteroatoms. The predicted molar refractivity (Wildman–Crippen MR) is 139 cm³/mol. The Hall–Kier alpha value is -2.03. The van der Waals surface area contributed by atoms with Crippen LogP contribution in [0, 0.1) is 12.8 Å². The van der Waals surface area contributed by atoms with Crippen molar-refractivity contribution in [1.82, 2.24) is 13.9 Å². The monoisotopic (exact) mass is 466 g/mol. The lowest BCUT2D eigenvalue weighted by atomic mass is 9.82. The van der Waals surface area contributed by atoms with Crippen LogP contribution in [0.2, 0.25) is 0 Å². The summed E-state index contributed by atoms with van der Waals surface area (Å²) < 4.78 is 8.40. The Bertz CT molecular complexity index is 1110. The molecule has 3 aromatic rings. The summed E-state index contributed by atoms with van der Waals surface area (Å²) in [7, 11) is 0.374. The van der Waals surface area contributed by atoms with E-state index in [1.54, 1.807) is 32.1 Å². The molecule has 2 aromatic heterocycles. The molecule has 0 bridgehead atoms. The fourth-order valence-electron chi connectivity index (χ4n) is 4.04. The fourth-order valence-corrected chi connectivity index (χ4v) is 4.93. The van der Waals surface area contributed by atoms with Gasteiger partial charge >= 0.3 is 7.48 Å². The van der Waals surface area contributed by atoms with E-state index in [0.717, 1.165) is 40.3 Å². The Labute approximate surface area is 202 Å². The van der Waals surface area contributed by atoms with Crippen molar-refractivity contribution in [3.05, 3.63) is 42.4 Å². The number of piperidine rings is 1. The number of aromatic nitrogens is 3. The molecule has 1 saturated heterocycles. The van der Waals surface area contributed by atoms with Gasteiger partial charge in [0.15, 0.2) is 5.65 Å². The molecule has 33 heavy (non-hydrogen) atoms. The number of hydrogen-bond donors (Lipinski definition) is 1. The molecule has 4 rings (SSSR count). The van der Waals surface area contributed by atoms with E-state index in [9.17, 15) is 5.11 Å². The molecule has 176 valence electrons. The third-order valence-electron chi connectivity index (χ3n) is 6.85. The smallest absolute Gasteiger partial charge is 0.311 e. The number of rotatable bonds is 7. The van der Waals surface area contributed by atoms with Gasteiger partial charge in [-0.2, -0.15) is 0 Å². The first-order chi connectivity index (χ1) is 15.5. The zero-order valence-electron chi connectivity index (χ0n) is 20.6. The maximum absolute atomic E-state index is 10.6. The van der Waals surface area contributed by atoms with E-state index in [1.807, 2.05) is 13.8 Å². The number of benzene rings is 1. The lowest BCUT2D eigenvalue weighted by Crippen LogP contribution is -2.49. The summed E-state index contributed by atoms with van der Waals surface area (Å²) in [5.41, 5.74) is 1.49. The highest BCUT2D eigenvalue weighted by atomic mass is 32.2. The number of fused-ring (bicyclic) bond motifs is 1. The van der Waals surface area contributed by atoms with E-state index in [4.69, 9.17) is 9.64 Å². The first-order valence-corrected chi connectivity index (χ1v) is 12.5. The van der Waals surface area contributed by atoms with Crippen molar-refractivity contribution in [3.8, 4) is 0 Å². The van der Waals surface area contributed by atoms with E-state index in [-0.39, 0.29) is 0 Å². The van der Waals surface area contributed by atoms with Crippen LogP contribution >= 0.6 is 11.9 Å². The highest BCUT2D eigenvalue weighted by Gasteiger charge is 2.36. The van der Waals surface area contributed by atoms with Gasteiger partial charge in [-0.25, -0.2) is 9.97 Å². The van der Waals surface area contributed by atoms with E-state index < -0.39 is 11.2 Å². The van der Waals surface area contributed by atoms with Gasteiger partial charge in [0.1, 0.15) is 12.1 Å². The van der Waals surface area contributed by atoms with Gasteiger partial charge in [-0.1, -0.05) is 24.6 Å². The molecule has 6 nitrogen and oxygen atoms in total. The van der Waals surface area contributed by atoms with Crippen LogP contribution in [0.3, 0.4) is 0 Å². The Kier molecular flexibility index (Phi) is 6.81. The third-order valence-corrected chi connectivity index (χ3v) is 7.81. The second-order valence-electron chi connectivity index (χ2n) is 10.3. The number of hydrogen-bond acceptors (Lipinski definition) is 6. The normalized spacial score (nSPS) is 17.5. The summed E-state index contributed by atoms with van der Waals surface area (Å²) in [6, 6.07) is 8.51. The molecule has 1 N–H and O–H groups in total. The Balaban J connectivity index is 1.75. The summed E-state index contributed by atoms with van der Waals surface area (Å²) in [5, 5.41) is 11.6. The van der Waals surface area contributed by atoms with Gasteiger partial charge < -0.3 is 14.7 Å². The average molecular weight is 466 g/mol. The predicted octanol–water partition coefficient (Wildman–Crippen LogP) is 4.07. The van der Waals surface area contributed by atoms with Crippen LogP contribution < -0.4 is 10.4 Å². The summed E-state index contributed by atoms with van der Waals surface area (Å²) in [4.78, 5) is 13.0. The summed E-state index contributed by atoms with van der Waals surface area (Å²) in [6.45, 7) is 13.8. The van der Waals surface area contributed by atoms with E-state index >= 15 is 0 Å². The molecule has 1 unspecified atom stereocenters. The van der Waals surface area contributed by atoms with Crippen molar-refractivity contribution in [2.45, 2.75) is 70.5 Å². The summed E-state index contributed by atoms with van der Waals surface area (Å²) in [6.07, 6.45) is 6.21. The molecule has 3 heterocycles. The van der Waals surface area contributed by atoms with Crippen LogP contribution in [0.25, 0.3) is 11.0 Å². The molecule has 1 atom stereocenters. The van der Waals surface area contributed by atoms with Crippen LogP contribution in [0.15, 0.2) is 41.7 Å². The molecule has 1 fully saturated rings. The number of aryl methyl sites for hydroxylation is 1. The zero-order valence-corrected chi connectivity index (χ0v) is 21.4. The SMILES string of the molecule is Cc1ccc(Sn2cc(BOC(C)(C)C(C)(C)O)c3c(N4CCCC(C)C4)ncnc32)cc1. The second kappa shape index (κ2) is 9.32. The van der Waals surface area contributed by atoms with Gasteiger partial charge in [-0.3, -0.25) is 3.97 Å². The molecule has 0 saturated carbocycles. The Morgan fingerprint density at radius 2 is 1.88 bits per heavy atom. The molecule has 0 amide bonds. The standard InChI is InChI=1S/C25H35BN4O2S/c1-17-9-11-19(12-10-17)33-30-15-20(26-32-25(5,6)24(3,4)31)21-22(27-16-28-23(21)30)29-13-7-8-18(2)14-29/h9-12,15-16,18,26,31H,7-8,13-14H2,1-6H3. The van der Waals surface area contributed by atoms with Crippen molar-refractivity contribution < 1.29 is 9.76 Å². The van der Waals surface area contributed by atoms with E-state index in [2.05, 4.69) is 58.2 Å². The average Bonchev–Trinajstić information content (AvgIpc) is 3.11. The van der Waals surface area contributed by atoms with Crippen molar-refractivity contribution in [1.29, 1.82) is 0 Å². The number of nitrogens with zero attached hydrogens (tertiary/aromatic N) is 4.